The summed E-state index contributed by atoms with van der Waals surface area (Å²) >= 11 is 0. The topological polar surface area (TPSA) is 71.2 Å². The third-order valence-electron chi connectivity index (χ3n) is 2.86. The Morgan fingerprint density at radius 3 is 2.80 bits per heavy atom. The van der Waals surface area contributed by atoms with Crippen LogP contribution < -0.4 is 16.2 Å². The van der Waals surface area contributed by atoms with E-state index < -0.39 is 5.82 Å². The second kappa shape index (κ2) is 6.12. The molecule has 0 bridgehead atoms. The van der Waals surface area contributed by atoms with Crippen molar-refractivity contribution in [3.63, 3.8) is 0 Å². The van der Waals surface area contributed by atoms with Crippen molar-refractivity contribution in [1.82, 2.24) is 4.98 Å². The van der Waals surface area contributed by atoms with E-state index in [4.69, 9.17) is 5.84 Å². The lowest BCUT2D eigenvalue weighted by molar-refractivity contribution is 0.0987. The van der Waals surface area contributed by atoms with Crippen LogP contribution in [0.2, 0.25) is 0 Å². The average molecular weight is 274 g/mol. The van der Waals surface area contributed by atoms with E-state index in [1.165, 1.54) is 23.2 Å². The third-order valence-corrected chi connectivity index (χ3v) is 2.86. The minimum Gasteiger partial charge on any atom is -0.308 e. The highest BCUT2D eigenvalue weighted by Gasteiger charge is 2.19. The van der Waals surface area contributed by atoms with Gasteiger partial charge in [0.05, 0.1) is 5.69 Å². The maximum absolute atomic E-state index is 13.8. The number of benzene rings is 1. The Morgan fingerprint density at radius 2 is 2.15 bits per heavy atom. The molecule has 3 N–H and O–H groups in total. The highest BCUT2D eigenvalue weighted by atomic mass is 19.1. The van der Waals surface area contributed by atoms with Gasteiger partial charge in [0, 0.05) is 18.3 Å². The van der Waals surface area contributed by atoms with E-state index in [0.29, 0.717) is 17.9 Å². The number of amides is 1. The minimum absolute atomic E-state index is 0.249. The second-order valence-electron chi connectivity index (χ2n) is 4.07. The standard InChI is InChI=1S/C14H15FN4O/c1-2-19(12-6-4-3-5-11(12)15)14(20)10-7-8-17-13(9-10)18-16/h3-9H,2,16H2,1H3,(H,17,18). The molecule has 0 atom stereocenters. The van der Waals surface area contributed by atoms with Gasteiger partial charge in [-0.2, -0.15) is 0 Å². The zero-order chi connectivity index (χ0) is 14.5. The molecule has 2 aromatic rings. The van der Waals surface area contributed by atoms with Crippen LogP contribution in [0.15, 0.2) is 42.6 Å². The zero-order valence-corrected chi connectivity index (χ0v) is 11.0. The number of hydrogen-bond acceptors (Lipinski definition) is 4. The van der Waals surface area contributed by atoms with Gasteiger partial charge >= 0.3 is 0 Å². The number of halogens is 1. The van der Waals surface area contributed by atoms with Gasteiger partial charge in [-0.25, -0.2) is 15.2 Å². The van der Waals surface area contributed by atoms with E-state index in [2.05, 4.69) is 10.4 Å². The minimum atomic E-state index is -0.436. The number of nitrogens with two attached hydrogens (primary N) is 1. The number of aromatic nitrogens is 1. The summed E-state index contributed by atoms with van der Waals surface area (Å²) in [6.07, 6.45) is 1.47. The summed E-state index contributed by atoms with van der Waals surface area (Å²) in [4.78, 5) is 17.8. The molecule has 0 aliphatic rings. The van der Waals surface area contributed by atoms with Crippen LogP contribution in [0.4, 0.5) is 15.9 Å². The smallest absolute Gasteiger partial charge is 0.258 e. The first-order chi connectivity index (χ1) is 9.67. The Balaban J connectivity index is 2.36. The van der Waals surface area contributed by atoms with Crippen molar-refractivity contribution < 1.29 is 9.18 Å². The molecule has 0 unspecified atom stereocenters. The summed E-state index contributed by atoms with van der Waals surface area (Å²) < 4.78 is 13.8. The summed E-state index contributed by atoms with van der Waals surface area (Å²) in [7, 11) is 0. The first-order valence-corrected chi connectivity index (χ1v) is 6.16. The van der Waals surface area contributed by atoms with Crippen LogP contribution in [-0.2, 0) is 0 Å². The van der Waals surface area contributed by atoms with Gasteiger partial charge < -0.3 is 10.3 Å². The zero-order valence-electron chi connectivity index (χ0n) is 11.0. The fourth-order valence-electron chi connectivity index (χ4n) is 1.89. The number of carbonyl (C=O) groups is 1. The van der Waals surface area contributed by atoms with Crippen LogP contribution in [0.1, 0.15) is 17.3 Å². The summed E-state index contributed by atoms with van der Waals surface area (Å²) in [5.74, 6) is 4.90. The Hall–Kier alpha value is -2.47. The molecule has 0 aliphatic carbocycles. The molecule has 2 rings (SSSR count). The van der Waals surface area contributed by atoms with Crippen LogP contribution in [0, 0.1) is 5.82 Å². The molecule has 1 aromatic carbocycles. The Morgan fingerprint density at radius 1 is 1.40 bits per heavy atom. The van der Waals surface area contributed by atoms with Gasteiger partial charge in [0.15, 0.2) is 0 Å². The highest BCUT2D eigenvalue weighted by molar-refractivity contribution is 6.06. The first-order valence-electron chi connectivity index (χ1n) is 6.16. The SMILES string of the molecule is CCN(C(=O)c1ccnc(NN)c1)c1ccccc1F. The summed E-state index contributed by atoms with van der Waals surface area (Å²) in [6.45, 7) is 2.14. The molecular weight excluding hydrogens is 259 g/mol. The van der Waals surface area contributed by atoms with Crippen molar-refractivity contribution >= 4 is 17.4 Å². The lowest BCUT2D eigenvalue weighted by atomic mass is 10.2. The number of pyridine rings is 1. The number of nitrogen functional groups attached to an aromatic ring is 1. The number of carbonyl (C=O) groups excluding carboxylic acids is 1. The number of para-hydroxylation sites is 1. The van der Waals surface area contributed by atoms with Gasteiger partial charge in [0.25, 0.3) is 5.91 Å². The number of hydrogen-bond donors (Lipinski definition) is 2. The average Bonchev–Trinajstić information content (AvgIpc) is 2.49. The molecule has 0 fully saturated rings. The van der Waals surface area contributed by atoms with Crippen LogP contribution in [-0.4, -0.2) is 17.4 Å². The predicted molar refractivity (Wildman–Crippen MR) is 75.8 cm³/mol. The lowest BCUT2D eigenvalue weighted by Gasteiger charge is -2.21. The van der Waals surface area contributed by atoms with Crippen molar-refractivity contribution in [1.29, 1.82) is 0 Å². The molecule has 0 saturated heterocycles. The number of anilines is 2. The quantitative estimate of drug-likeness (QED) is 0.662. The molecule has 0 radical (unpaired) electrons. The molecule has 20 heavy (non-hydrogen) atoms. The fourth-order valence-corrected chi connectivity index (χ4v) is 1.89. The molecular formula is C14H15FN4O. The van der Waals surface area contributed by atoms with Crippen LogP contribution in [0.25, 0.3) is 0 Å². The largest absolute Gasteiger partial charge is 0.308 e. The summed E-state index contributed by atoms with van der Waals surface area (Å²) in [5.41, 5.74) is 3.01. The van der Waals surface area contributed by atoms with Gasteiger partial charge in [-0.15, -0.1) is 0 Å². The van der Waals surface area contributed by atoms with E-state index in [9.17, 15) is 9.18 Å². The molecule has 1 amide bonds. The monoisotopic (exact) mass is 274 g/mol. The lowest BCUT2D eigenvalue weighted by Crippen LogP contribution is -2.31. The van der Waals surface area contributed by atoms with Gasteiger partial charge in [-0.05, 0) is 31.2 Å². The van der Waals surface area contributed by atoms with Crippen molar-refractivity contribution in [2.24, 2.45) is 5.84 Å². The molecule has 6 heteroatoms. The summed E-state index contributed by atoms with van der Waals surface area (Å²) in [6, 6.07) is 9.25. The van der Waals surface area contributed by atoms with Crippen molar-refractivity contribution in [3.05, 3.63) is 54.0 Å². The van der Waals surface area contributed by atoms with E-state index in [0.717, 1.165) is 0 Å². The van der Waals surface area contributed by atoms with E-state index in [-0.39, 0.29) is 11.6 Å². The van der Waals surface area contributed by atoms with Crippen LogP contribution in [0.3, 0.4) is 0 Å². The highest BCUT2D eigenvalue weighted by Crippen LogP contribution is 2.21. The molecule has 1 heterocycles. The van der Waals surface area contributed by atoms with Crippen molar-refractivity contribution in [3.8, 4) is 0 Å². The molecule has 1 aromatic heterocycles. The predicted octanol–water partition coefficient (Wildman–Crippen LogP) is 2.17. The van der Waals surface area contributed by atoms with Gasteiger partial charge in [0.1, 0.15) is 11.6 Å². The van der Waals surface area contributed by atoms with Crippen molar-refractivity contribution in [2.45, 2.75) is 6.92 Å². The van der Waals surface area contributed by atoms with Crippen LogP contribution >= 0.6 is 0 Å². The number of rotatable bonds is 4. The van der Waals surface area contributed by atoms with E-state index >= 15 is 0 Å². The Labute approximate surface area is 116 Å². The van der Waals surface area contributed by atoms with Gasteiger partial charge in [0.2, 0.25) is 0 Å². The second-order valence-corrected chi connectivity index (χ2v) is 4.07. The molecule has 5 nitrogen and oxygen atoms in total. The third kappa shape index (κ3) is 2.75. The molecule has 0 saturated carbocycles. The molecule has 0 aliphatic heterocycles. The molecule has 104 valence electrons. The first kappa shape index (κ1) is 14.0. The summed E-state index contributed by atoms with van der Waals surface area (Å²) in [5, 5.41) is 0. The van der Waals surface area contributed by atoms with Crippen molar-refractivity contribution in [2.75, 3.05) is 16.9 Å². The van der Waals surface area contributed by atoms with Crippen LogP contribution in [0.5, 0.6) is 0 Å². The number of nitrogens with one attached hydrogen (secondary N) is 1. The number of hydrazine groups is 1. The van der Waals surface area contributed by atoms with E-state index in [1.54, 1.807) is 31.2 Å². The Bertz CT molecular complexity index is 618. The molecule has 0 spiro atoms. The van der Waals surface area contributed by atoms with Gasteiger partial charge in [-0.3, -0.25) is 4.79 Å². The normalized spacial score (nSPS) is 10.2. The number of nitrogens with zero attached hydrogens (tertiary/aromatic N) is 2. The maximum atomic E-state index is 13.8. The van der Waals surface area contributed by atoms with E-state index in [1.807, 2.05) is 0 Å². The fraction of sp³-hybridized carbons (Fsp3) is 0.143. The Kier molecular flexibility index (Phi) is 4.27. The maximum Gasteiger partial charge on any atom is 0.258 e. The van der Waals surface area contributed by atoms with Gasteiger partial charge in [-0.1, -0.05) is 12.1 Å².